The third-order valence-corrected chi connectivity index (χ3v) is 4.09. The fourth-order valence-electron chi connectivity index (χ4n) is 2.81. The minimum atomic E-state index is -0.834. The highest BCUT2D eigenvalue weighted by molar-refractivity contribution is 6.03. The standard InChI is InChI=1S/C13H21NO3/c1-17-12(16)13(7-6-8-13)11(15)14-9-4-2-3-5-10-14/h2-10H2,1H3. The largest absolute Gasteiger partial charge is 0.468 e. The highest BCUT2D eigenvalue weighted by Gasteiger charge is 2.53. The molecule has 0 aromatic rings. The zero-order valence-electron chi connectivity index (χ0n) is 10.5. The molecule has 2 aliphatic rings. The number of likely N-dealkylation sites (tertiary alicyclic amines) is 1. The predicted molar refractivity (Wildman–Crippen MR) is 63.3 cm³/mol. The van der Waals surface area contributed by atoms with E-state index in [4.69, 9.17) is 4.74 Å². The van der Waals surface area contributed by atoms with Gasteiger partial charge in [-0.05, 0) is 25.7 Å². The van der Waals surface area contributed by atoms with Crippen LogP contribution in [0.2, 0.25) is 0 Å². The average molecular weight is 239 g/mol. The monoisotopic (exact) mass is 239 g/mol. The van der Waals surface area contributed by atoms with Gasteiger partial charge in [0.25, 0.3) is 0 Å². The molecule has 17 heavy (non-hydrogen) atoms. The van der Waals surface area contributed by atoms with Crippen molar-refractivity contribution in [3.63, 3.8) is 0 Å². The molecule has 0 aromatic heterocycles. The second-order valence-corrected chi connectivity index (χ2v) is 5.13. The number of nitrogens with zero attached hydrogens (tertiary/aromatic N) is 1. The zero-order valence-corrected chi connectivity index (χ0v) is 10.5. The number of methoxy groups -OCH3 is 1. The molecule has 2 rings (SSSR count). The summed E-state index contributed by atoms with van der Waals surface area (Å²) in [4.78, 5) is 26.2. The maximum Gasteiger partial charge on any atom is 0.321 e. The summed E-state index contributed by atoms with van der Waals surface area (Å²) in [7, 11) is 1.37. The Morgan fingerprint density at radius 2 is 1.59 bits per heavy atom. The van der Waals surface area contributed by atoms with E-state index in [-0.39, 0.29) is 11.9 Å². The van der Waals surface area contributed by atoms with Crippen LogP contribution in [0.3, 0.4) is 0 Å². The Bertz CT molecular complexity index is 302. The Morgan fingerprint density at radius 1 is 1.00 bits per heavy atom. The third kappa shape index (κ3) is 2.17. The minimum Gasteiger partial charge on any atom is -0.468 e. The summed E-state index contributed by atoms with van der Waals surface area (Å²) < 4.78 is 4.81. The van der Waals surface area contributed by atoms with Gasteiger partial charge in [-0.15, -0.1) is 0 Å². The number of hydrogen-bond donors (Lipinski definition) is 0. The van der Waals surface area contributed by atoms with Crippen LogP contribution in [0.5, 0.6) is 0 Å². The topological polar surface area (TPSA) is 46.6 Å². The van der Waals surface area contributed by atoms with Gasteiger partial charge in [-0.3, -0.25) is 9.59 Å². The van der Waals surface area contributed by atoms with Crippen LogP contribution in [-0.2, 0) is 14.3 Å². The van der Waals surface area contributed by atoms with E-state index in [9.17, 15) is 9.59 Å². The van der Waals surface area contributed by atoms with Crippen molar-refractivity contribution in [3.8, 4) is 0 Å². The van der Waals surface area contributed by atoms with E-state index in [0.29, 0.717) is 12.8 Å². The molecule has 1 aliphatic carbocycles. The Balaban J connectivity index is 2.08. The van der Waals surface area contributed by atoms with E-state index in [2.05, 4.69) is 0 Å². The van der Waals surface area contributed by atoms with E-state index in [1.54, 1.807) is 0 Å². The number of ether oxygens (including phenoxy) is 1. The smallest absolute Gasteiger partial charge is 0.321 e. The predicted octanol–water partition coefficient (Wildman–Crippen LogP) is 1.73. The molecule has 0 bridgehead atoms. The van der Waals surface area contributed by atoms with Gasteiger partial charge in [0.1, 0.15) is 5.41 Å². The molecule has 1 saturated carbocycles. The molecular weight excluding hydrogens is 218 g/mol. The van der Waals surface area contributed by atoms with Crippen molar-refractivity contribution in [2.24, 2.45) is 5.41 Å². The molecule has 0 spiro atoms. The number of amides is 1. The van der Waals surface area contributed by atoms with Gasteiger partial charge in [-0.25, -0.2) is 0 Å². The van der Waals surface area contributed by atoms with Crippen LogP contribution in [0, 0.1) is 5.41 Å². The van der Waals surface area contributed by atoms with Crippen LogP contribution in [0.25, 0.3) is 0 Å². The van der Waals surface area contributed by atoms with Gasteiger partial charge in [0, 0.05) is 13.1 Å². The fourth-order valence-corrected chi connectivity index (χ4v) is 2.81. The lowest BCUT2D eigenvalue weighted by Crippen LogP contribution is -2.53. The van der Waals surface area contributed by atoms with Crippen molar-refractivity contribution in [1.29, 1.82) is 0 Å². The molecule has 2 fully saturated rings. The SMILES string of the molecule is COC(=O)C1(C(=O)N2CCCCCC2)CCC1. The van der Waals surface area contributed by atoms with Gasteiger partial charge >= 0.3 is 5.97 Å². The van der Waals surface area contributed by atoms with E-state index in [0.717, 1.165) is 32.4 Å². The molecule has 0 N–H and O–H groups in total. The van der Waals surface area contributed by atoms with Gasteiger partial charge in [-0.1, -0.05) is 19.3 Å². The van der Waals surface area contributed by atoms with Gasteiger partial charge in [-0.2, -0.15) is 0 Å². The number of carbonyl (C=O) groups excluding carboxylic acids is 2. The molecule has 0 unspecified atom stereocenters. The van der Waals surface area contributed by atoms with Crippen LogP contribution in [0.4, 0.5) is 0 Å². The van der Waals surface area contributed by atoms with Crippen molar-refractivity contribution in [2.75, 3.05) is 20.2 Å². The summed E-state index contributed by atoms with van der Waals surface area (Å²) in [5.41, 5.74) is -0.834. The minimum absolute atomic E-state index is 0.0116. The Labute approximate surface area is 102 Å². The number of esters is 1. The Hall–Kier alpha value is -1.06. The lowest BCUT2D eigenvalue weighted by Gasteiger charge is -2.40. The molecule has 1 saturated heterocycles. The van der Waals surface area contributed by atoms with Gasteiger partial charge < -0.3 is 9.64 Å². The molecule has 4 heteroatoms. The van der Waals surface area contributed by atoms with Crippen LogP contribution in [-0.4, -0.2) is 37.0 Å². The second kappa shape index (κ2) is 5.07. The highest BCUT2D eigenvalue weighted by atomic mass is 16.5. The van der Waals surface area contributed by atoms with E-state index < -0.39 is 5.41 Å². The van der Waals surface area contributed by atoms with Crippen LogP contribution in [0.1, 0.15) is 44.9 Å². The number of carbonyl (C=O) groups is 2. The summed E-state index contributed by atoms with van der Waals surface area (Å²) in [5, 5.41) is 0. The molecule has 0 radical (unpaired) electrons. The first-order valence-electron chi connectivity index (χ1n) is 6.58. The molecule has 96 valence electrons. The van der Waals surface area contributed by atoms with Crippen LogP contribution < -0.4 is 0 Å². The molecule has 0 aromatic carbocycles. The van der Waals surface area contributed by atoms with Crippen LogP contribution in [0.15, 0.2) is 0 Å². The highest BCUT2D eigenvalue weighted by Crippen LogP contribution is 2.43. The number of rotatable bonds is 2. The number of hydrogen-bond acceptors (Lipinski definition) is 3. The lowest BCUT2D eigenvalue weighted by atomic mass is 9.67. The maximum atomic E-state index is 12.5. The molecule has 1 amide bonds. The van der Waals surface area contributed by atoms with Gasteiger partial charge in [0.05, 0.1) is 7.11 Å². The molecular formula is C13H21NO3. The first-order valence-corrected chi connectivity index (χ1v) is 6.58. The molecule has 1 aliphatic heterocycles. The molecule has 0 atom stereocenters. The first-order chi connectivity index (χ1) is 8.20. The Kier molecular flexibility index (Phi) is 3.69. The molecule has 4 nitrogen and oxygen atoms in total. The van der Waals surface area contributed by atoms with Gasteiger partial charge in [0.2, 0.25) is 5.91 Å². The Morgan fingerprint density at radius 3 is 2.00 bits per heavy atom. The molecule has 1 heterocycles. The van der Waals surface area contributed by atoms with Crippen molar-refractivity contribution >= 4 is 11.9 Å². The van der Waals surface area contributed by atoms with Gasteiger partial charge in [0.15, 0.2) is 0 Å². The summed E-state index contributed by atoms with van der Waals surface area (Å²) >= 11 is 0. The summed E-state index contributed by atoms with van der Waals surface area (Å²) in [5.74, 6) is -0.324. The second-order valence-electron chi connectivity index (χ2n) is 5.13. The average Bonchev–Trinajstić information content (AvgIpc) is 2.55. The van der Waals surface area contributed by atoms with Crippen LogP contribution >= 0.6 is 0 Å². The quantitative estimate of drug-likeness (QED) is 0.544. The summed E-state index contributed by atoms with van der Waals surface area (Å²) in [6.45, 7) is 1.61. The first kappa shape index (κ1) is 12.4. The maximum absolute atomic E-state index is 12.5. The van der Waals surface area contributed by atoms with E-state index in [1.165, 1.54) is 20.0 Å². The van der Waals surface area contributed by atoms with Crippen molar-refractivity contribution in [1.82, 2.24) is 4.90 Å². The van der Waals surface area contributed by atoms with E-state index >= 15 is 0 Å². The van der Waals surface area contributed by atoms with Crippen molar-refractivity contribution < 1.29 is 14.3 Å². The lowest BCUT2D eigenvalue weighted by molar-refractivity contribution is -0.170. The third-order valence-electron chi connectivity index (χ3n) is 4.09. The zero-order chi connectivity index (χ0) is 12.3. The summed E-state index contributed by atoms with van der Waals surface area (Å²) in [6, 6.07) is 0. The van der Waals surface area contributed by atoms with E-state index in [1.807, 2.05) is 4.90 Å². The summed E-state index contributed by atoms with van der Waals surface area (Å²) in [6.07, 6.45) is 6.77. The van der Waals surface area contributed by atoms with Crippen molar-refractivity contribution in [2.45, 2.75) is 44.9 Å². The fraction of sp³-hybridized carbons (Fsp3) is 0.846. The van der Waals surface area contributed by atoms with Crippen molar-refractivity contribution in [3.05, 3.63) is 0 Å². The normalized spacial score (nSPS) is 23.5.